The second-order valence-electron chi connectivity index (χ2n) is 7.05. The Kier molecular flexibility index (Phi) is 6.66. The smallest absolute Gasteiger partial charge is 0.0127 e. The van der Waals surface area contributed by atoms with Gasteiger partial charge in [0, 0.05) is 0 Å². The number of benzene rings is 3. The van der Waals surface area contributed by atoms with Gasteiger partial charge in [-0.3, -0.25) is 0 Å². The molecule has 3 aromatic carbocycles. The lowest BCUT2D eigenvalue weighted by Gasteiger charge is -2.23. The first-order valence-electron chi connectivity index (χ1n) is 9.47. The molecule has 3 aromatic rings. The van der Waals surface area contributed by atoms with E-state index < -0.39 is 0 Å². The predicted octanol–water partition coefficient (Wildman–Crippen LogP) is 7.05. The van der Waals surface area contributed by atoms with Gasteiger partial charge < -0.3 is 0 Å². The van der Waals surface area contributed by atoms with Crippen molar-refractivity contribution < 1.29 is 0 Å². The Hall–Kier alpha value is -2.34. The van der Waals surface area contributed by atoms with Crippen LogP contribution in [0.1, 0.15) is 53.7 Å². The van der Waals surface area contributed by atoms with Crippen LogP contribution < -0.4 is 0 Å². The molecule has 3 unspecified atom stereocenters. The summed E-state index contributed by atoms with van der Waals surface area (Å²) >= 11 is 0. The Bertz CT molecular complexity index is 746. The van der Waals surface area contributed by atoms with Crippen molar-refractivity contribution in [3.63, 3.8) is 0 Å². The molecule has 0 amide bonds. The molecule has 0 aliphatic rings. The normalized spacial score (nSPS) is 14.5. The second kappa shape index (κ2) is 9.38. The van der Waals surface area contributed by atoms with Gasteiger partial charge in [0.25, 0.3) is 0 Å². The summed E-state index contributed by atoms with van der Waals surface area (Å²) in [7, 11) is 0. The van der Waals surface area contributed by atoms with Crippen molar-refractivity contribution in [1.29, 1.82) is 0 Å². The van der Waals surface area contributed by atoms with Crippen molar-refractivity contribution in [1.82, 2.24) is 0 Å². The van der Waals surface area contributed by atoms with E-state index in [1.807, 2.05) is 6.07 Å². The number of rotatable bonds is 8. The fourth-order valence-corrected chi connectivity index (χ4v) is 3.60. The standard InChI is InChI=1S/C26H27/c1-21(23-12-6-3-7-13-23)18-19-26(25-16-10-5-11-17-25)20-22(2)24-14-8-4-9-15-24/h1,3-17,21-22,26H,2,18-20H2. The molecule has 0 nitrogen and oxygen atoms in total. The van der Waals surface area contributed by atoms with Crippen LogP contribution in [0.25, 0.3) is 0 Å². The quantitative estimate of drug-likeness (QED) is 0.412. The Morgan fingerprint density at radius 1 is 0.615 bits per heavy atom. The van der Waals surface area contributed by atoms with Crippen LogP contribution in [0.5, 0.6) is 0 Å². The van der Waals surface area contributed by atoms with Gasteiger partial charge in [-0.25, -0.2) is 0 Å². The SMILES string of the molecule is [CH]C(CCC(CC([CH2])c1ccccc1)c1ccccc1)c1ccccc1. The molecular formula is C26H27. The van der Waals surface area contributed by atoms with E-state index in [4.69, 9.17) is 6.92 Å². The van der Waals surface area contributed by atoms with Crippen molar-refractivity contribution in [3.8, 4) is 0 Å². The molecule has 0 bridgehead atoms. The maximum absolute atomic E-state index is 6.45. The molecule has 3 atom stereocenters. The van der Waals surface area contributed by atoms with E-state index in [-0.39, 0.29) is 11.8 Å². The fourth-order valence-electron chi connectivity index (χ4n) is 3.60. The minimum absolute atomic E-state index is 0.0856. The van der Waals surface area contributed by atoms with Crippen LogP contribution in [0, 0.1) is 13.8 Å². The van der Waals surface area contributed by atoms with Crippen LogP contribution in [-0.2, 0) is 0 Å². The lowest BCUT2D eigenvalue weighted by molar-refractivity contribution is 0.512. The van der Waals surface area contributed by atoms with Gasteiger partial charge in [-0.2, -0.15) is 0 Å². The van der Waals surface area contributed by atoms with Gasteiger partial charge >= 0.3 is 0 Å². The van der Waals surface area contributed by atoms with Crippen LogP contribution in [0.2, 0.25) is 0 Å². The van der Waals surface area contributed by atoms with Crippen LogP contribution in [0.3, 0.4) is 0 Å². The number of hydrogen-bond acceptors (Lipinski definition) is 0. The van der Waals surface area contributed by atoms with Crippen molar-refractivity contribution in [3.05, 3.63) is 122 Å². The third kappa shape index (κ3) is 5.08. The van der Waals surface area contributed by atoms with Crippen LogP contribution in [0.15, 0.2) is 91.0 Å². The van der Waals surface area contributed by atoms with Gasteiger partial charge in [0.05, 0.1) is 0 Å². The molecule has 0 heteroatoms. The highest BCUT2D eigenvalue weighted by Crippen LogP contribution is 2.35. The summed E-state index contributed by atoms with van der Waals surface area (Å²) < 4.78 is 0. The van der Waals surface area contributed by atoms with Gasteiger partial charge in [0.15, 0.2) is 0 Å². The minimum atomic E-state index is 0.0856. The average molecular weight is 340 g/mol. The molecule has 0 saturated heterocycles. The summed E-state index contributed by atoms with van der Waals surface area (Å²) in [5.74, 6) is 0.838. The Labute approximate surface area is 158 Å². The van der Waals surface area contributed by atoms with Crippen molar-refractivity contribution in [2.24, 2.45) is 0 Å². The largest absolute Gasteiger partial charge is 0.0622 e. The highest BCUT2D eigenvalue weighted by atomic mass is 14.2. The molecule has 0 spiro atoms. The van der Waals surface area contributed by atoms with Gasteiger partial charge in [-0.15, -0.1) is 0 Å². The zero-order valence-electron chi connectivity index (χ0n) is 15.3. The van der Waals surface area contributed by atoms with Gasteiger partial charge in [-0.1, -0.05) is 91.0 Å². The van der Waals surface area contributed by atoms with E-state index >= 15 is 0 Å². The molecule has 131 valence electrons. The van der Waals surface area contributed by atoms with Gasteiger partial charge in [0.1, 0.15) is 0 Å². The molecule has 0 fully saturated rings. The molecule has 3 radical (unpaired) electrons. The summed E-state index contributed by atoms with van der Waals surface area (Å²) in [6.07, 6.45) is 3.08. The lowest BCUT2D eigenvalue weighted by Crippen LogP contribution is -2.07. The summed E-state index contributed by atoms with van der Waals surface area (Å²) in [6.45, 7) is 10.9. The molecule has 26 heavy (non-hydrogen) atoms. The topological polar surface area (TPSA) is 0 Å². The average Bonchev–Trinajstić information content (AvgIpc) is 2.72. The van der Waals surface area contributed by atoms with Crippen molar-refractivity contribution in [2.45, 2.75) is 37.0 Å². The monoisotopic (exact) mass is 339 g/mol. The summed E-state index contributed by atoms with van der Waals surface area (Å²) in [6, 6.07) is 31.8. The van der Waals surface area contributed by atoms with E-state index in [0.717, 1.165) is 19.3 Å². The molecule has 0 aromatic heterocycles. The predicted molar refractivity (Wildman–Crippen MR) is 111 cm³/mol. The third-order valence-corrected chi connectivity index (χ3v) is 5.16. The maximum atomic E-state index is 6.45. The maximum Gasteiger partial charge on any atom is -0.0127 e. The van der Waals surface area contributed by atoms with Crippen LogP contribution >= 0.6 is 0 Å². The molecular weight excluding hydrogens is 312 g/mol. The van der Waals surface area contributed by atoms with E-state index in [2.05, 4.69) is 91.9 Å². The summed E-state index contributed by atoms with van der Waals surface area (Å²) in [5.41, 5.74) is 3.91. The van der Waals surface area contributed by atoms with E-state index in [0.29, 0.717) is 5.92 Å². The van der Waals surface area contributed by atoms with Gasteiger partial charge in [-0.05, 0) is 67.6 Å². The van der Waals surface area contributed by atoms with Crippen LogP contribution in [0.4, 0.5) is 0 Å². The minimum Gasteiger partial charge on any atom is -0.0622 e. The third-order valence-electron chi connectivity index (χ3n) is 5.16. The molecule has 3 rings (SSSR count). The second-order valence-corrected chi connectivity index (χ2v) is 7.05. The molecule has 0 heterocycles. The molecule has 0 saturated carbocycles. The first-order chi connectivity index (χ1) is 12.7. The fraction of sp³-hybridized carbons (Fsp3) is 0.231. The first kappa shape index (κ1) is 18.5. The Morgan fingerprint density at radius 2 is 1.08 bits per heavy atom. The van der Waals surface area contributed by atoms with E-state index in [9.17, 15) is 0 Å². The summed E-state index contributed by atoms with van der Waals surface area (Å²) in [4.78, 5) is 0. The van der Waals surface area contributed by atoms with E-state index in [1.165, 1.54) is 16.7 Å². The number of hydrogen-bond donors (Lipinski definition) is 0. The molecule has 0 aliphatic carbocycles. The zero-order valence-corrected chi connectivity index (χ0v) is 15.3. The van der Waals surface area contributed by atoms with E-state index in [1.54, 1.807) is 0 Å². The zero-order chi connectivity index (χ0) is 18.2. The Balaban J connectivity index is 1.70. The molecule has 0 aliphatic heterocycles. The highest BCUT2D eigenvalue weighted by Gasteiger charge is 2.18. The molecule has 0 N–H and O–H groups in total. The van der Waals surface area contributed by atoms with Gasteiger partial charge in [0.2, 0.25) is 0 Å². The Morgan fingerprint density at radius 3 is 1.62 bits per heavy atom. The van der Waals surface area contributed by atoms with Crippen molar-refractivity contribution >= 4 is 0 Å². The van der Waals surface area contributed by atoms with Crippen LogP contribution in [-0.4, -0.2) is 0 Å². The lowest BCUT2D eigenvalue weighted by atomic mass is 9.81. The first-order valence-corrected chi connectivity index (χ1v) is 9.47. The summed E-state index contributed by atoms with van der Waals surface area (Å²) in [5, 5.41) is 0. The highest BCUT2D eigenvalue weighted by molar-refractivity contribution is 5.25. The van der Waals surface area contributed by atoms with Crippen molar-refractivity contribution in [2.75, 3.05) is 0 Å².